The van der Waals surface area contributed by atoms with Crippen LogP contribution in [0.4, 0.5) is 0 Å². The molecule has 1 saturated carbocycles. The molecule has 68 valence electrons. The minimum atomic E-state index is 0.902. The Morgan fingerprint density at radius 3 is 2.50 bits per heavy atom. The van der Waals surface area contributed by atoms with E-state index in [1.165, 1.54) is 25.7 Å². The molecule has 0 amide bonds. The van der Waals surface area contributed by atoms with Gasteiger partial charge in [-0.3, -0.25) is 0 Å². The standard InChI is InChI=1S/C10H22B2/c1-3-4-8-6-5-7(2)9(8)10(11)12/h7-10H,3-6,11-12H2,1-2H3. The highest BCUT2D eigenvalue weighted by Gasteiger charge is 2.33. The van der Waals surface area contributed by atoms with Gasteiger partial charge in [0.15, 0.2) is 0 Å². The van der Waals surface area contributed by atoms with Gasteiger partial charge in [-0.15, -0.1) is 0 Å². The number of hydrogen-bond donors (Lipinski definition) is 0. The maximum atomic E-state index is 2.44. The lowest BCUT2D eigenvalue weighted by Gasteiger charge is -2.26. The third-order valence-corrected chi connectivity index (χ3v) is 3.62. The molecule has 0 aromatic carbocycles. The molecule has 2 heteroatoms. The maximum absolute atomic E-state index is 2.44. The molecule has 0 spiro atoms. The molecule has 12 heavy (non-hydrogen) atoms. The van der Waals surface area contributed by atoms with Crippen LogP contribution in [-0.4, -0.2) is 15.7 Å². The topological polar surface area (TPSA) is 0 Å². The molecule has 0 N–H and O–H groups in total. The molecular formula is C10H22B2. The first kappa shape index (κ1) is 10.2. The van der Waals surface area contributed by atoms with Crippen molar-refractivity contribution in [3.63, 3.8) is 0 Å². The van der Waals surface area contributed by atoms with Crippen molar-refractivity contribution in [1.82, 2.24) is 0 Å². The van der Waals surface area contributed by atoms with Gasteiger partial charge in [0.2, 0.25) is 0 Å². The number of hydrogen-bond acceptors (Lipinski definition) is 0. The molecule has 1 fully saturated rings. The van der Waals surface area contributed by atoms with E-state index in [0.717, 1.165) is 23.5 Å². The summed E-state index contributed by atoms with van der Waals surface area (Å²) in [4.78, 5) is 0. The van der Waals surface area contributed by atoms with Crippen molar-refractivity contribution in [1.29, 1.82) is 0 Å². The minimum Gasteiger partial charge on any atom is -0.0927 e. The van der Waals surface area contributed by atoms with Crippen molar-refractivity contribution in [3.05, 3.63) is 0 Å². The zero-order chi connectivity index (χ0) is 9.14. The lowest BCUT2D eigenvalue weighted by molar-refractivity contribution is 0.325. The fraction of sp³-hybridized carbons (Fsp3) is 1.00. The Labute approximate surface area is 79.3 Å². The Morgan fingerprint density at radius 1 is 1.33 bits per heavy atom. The van der Waals surface area contributed by atoms with Gasteiger partial charge in [-0.05, 0) is 24.2 Å². The first-order valence-electron chi connectivity index (χ1n) is 5.66. The molecule has 0 aromatic rings. The zero-order valence-corrected chi connectivity index (χ0v) is 9.14. The van der Waals surface area contributed by atoms with Crippen LogP contribution in [0.3, 0.4) is 0 Å². The molecule has 3 unspecified atom stereocenters. The van der Waals surface area contributed by atoms with Gasteiger partial charge < -0.3 is 0 Å². The van der Waals surface area contributed by atoms with Crippen LogP contribution >= 0.6 is 0 Å². The molecule has 1 aliphatic rings. The predicted octanol–water partition coefficient (Wildman–Crippen LogP) is 1.46. The van der Waals surface area contributed by atoms with Crippen LogP contribution in [0.25, 0.3) is 0 Å². The molecule has 0 aromatic heterocycles. The van der Waals surface area contributed by atoms with Crippen LogP contribution in [-0.2, 0) is 0 Å². The third-order valence-electron chi connectivity index (χ3n) is 3.62. The highest BCUT2D eigenvalue weighted by atomic mass is 14.4. The van der Waals surface area contributed by atoms with E-state index in [1.54, 1.807) is 0 Å². The molecule has 1 aliphatic carbocycles. The molecule has 0 saturated heterocycles. The maximum Gasteiger partial charge on any atom is 0.0960 e. The first-order valence-corrected chi connectivity index (χ1v) is 5.66. The average Bonchev–Trinajstić information content (AvgIpc) is 2.32. The fourth-order valence-electron chi connectivity index (χ4n) is 3.24. The second kappa shape index (κ2) is 4.39. The van der Waals surface area contributed by atoms with Gasteiger partial charge in [-0.2, -0.15) is 0 Å². The number of rotatable bonds is 3. The molecular weight excluding hydrogens is 142 g/mol. The van der Waals surface area contributed by atoms with Crippen molar-refractivity contribution >= 4 is 15.7 Å². The van der Waals surface area contributed by atoms with Gasteiger partial charge in [0, 0.05) is 0 Å². The quantitative estimate of drug-likeness (QED) is 0.553. The highest BCUT2D eigenvalue weighted by Crippen LogP contribution is 2.43. The summed E-state index contributed by atoms with van der Waals surface area (Å²) in [7, 11) is 4.80. The second-order valence-corrected chi connectivity index (χ2v) is 4.92. The summed E-state index contributed by atoms with van der Waals surface area (Å²) in [5, 5.41) is 0. The molecule has 3 atom stereocenters. The van der Waals surface area contributed by atoms with Crippen molar-refractivity contribution < 1.29 is 0 Å². The summed E-state index contributed by atoms with van der Waals surface area (Å²) in [6.45, 7) is 4.76. The monoisotopic (exact) mass is 164 g/mol. The molecule has 0 bridgehead atoms. The van der Waals surface area contributed by atoms with E-state index >= 15 is 0 Å². The largest absolute Gasteiger partial charge is 0.0960 e. The first-order chi connectivity index (χ1) is 5.66. The van der Waals surface area contributed by atoms with Crippen LogP contribution in [0.2, 0.25) is 5.72 Å². The van der Waals surface area contributed by atoms with Gasteiger partial charge in [0.1, 0.15) is 0 Å². The van der Waals surface area contributed by atoms with Crippen LogP contribution in [0.15, 0.2) is 0 Å². The van der Waals surface area contributed by atoms with Gasteiger partial charge >= 0.3 is 0 Å². The lowest BCUT2D eigenvalue weighted by Crippen LogP contribution is -2.19. The third kappa shape index (κ3) is 2.08. The molecule has 1 rings (SSSR count). The van der Waals surface area contributed by atoms with Crippen molar-refractivity contribution in [2.45, 2.75) is 45.2 Å². The predicted molar refractivity (Wildman–Crippen MR) is 61.1 cm³/mol. The van der Waals surface area contributed by atoms with E-state index in [-0.39, 0.29) is 0 Å². The Bertz CT molecular complexity index is 132. The van der Waals surface area contributed by atoms with Gasteiger partial charge in [0.25, 0.3) is 0 Å². The van der Waals surface area contributed by atoms with Crippen LogP contribution in [0.5, 0.6) is 0 Å². The summed E-state index contributed by atoms with van der Waals surface area (Å²) in [6.07, 6.45) is 5.82. The Kier molecular flexibility index (Phi) is 3.74. The van der Waals surface area contributed by atoms with Gasteiger partial charge in [-0.25, -0.2) is 0 Å². The zero-order valence-electron chi connectivity index (χ0n) is 9.14. The normalized spacial score (nSPS) is 36.1. The van der Waals surface area contributed by atoms with Crippen LogP contribution in [0, 0.1) is 17.8 Å². The Morgan fingerprint density at radius 2 is 2.00 bits per heavy atom. The summed E-state index contributed by atoms with van der Waals surface area (Å²) in [5.74, 6) is 3.05. The molecule has 0 nitrogen and oxygen atoms in total. The lowest BCUT2D eigenvalue weighted by atomic mass is 9.58. The molecule has 0 heterocycles. The summed E-state index contributed by atoms with van der Waals surface area (Å²) in [5.41, 5.74) is 0.902. The Balaban J connectivity index is 2.51. The van der Waals surface area contributed by atoms with Crippen molar-refractivity contribution in [2.24, 2.45) is 17.8 Å². The van der Waals surface area contributed by atoms with Gasteiger partial charge in [-0.1, -0.05) is 38.8 Å². The van der Waals surface area contributed by atoms with E-state index in [0.29, 0.717) is 0 Å². The smallest absolute Gasteiger partial charge is 0.0927 e. The van der Waals surface area contributed by atoms with E-state index in [9.17, 15) is 0 Å². The highest BCUT2D eigenvalue weighted by molar-refractivity contribution is 6.35. The molecule has 0 aliphatic heterocycles. The second-order valence-electron chi connectivity index (χ2n) is 4.92. The van der Waals surface area contributed by atoms with E-state index in [4.69, 9.17) is 0 Å². The fourth-order valence-corrected chi connectivity index (χ4v) is 3.24. The summed E-state index contributed by atoms with van der Waals surface area (Å²) >= 11 is 0. The van der Waals surface area contributed by atoms with E-state index < -0.39 is 0 Å². The summed E-state index contributed by atoms with van der Waals surface area (Å²) in [6, 6.07) is 0. The van der Waals surface area contributed by atoms with E-state index in [2.05, 4.69) is 29.5 Å². The average molecular weight is 164 g/mol. The molecule has 0 radical (unpaired) electrons. The van der Waals surface area contributed by atoms with Crippen LogP contribution in [0.1, 0.15) is 39.5 Å². The van der Waals surface area contributed by atoms with Gasteiger partial charge in [0.05, 0.1) is 15.7 Å². The van der Waals surface area contributed by atoms with Crippen molar-refractivity contribution in [3.8, 4) is 0 Å². The minimum absolute atomic E-state index is 0.902. The van der Waals surface area contributed by atoms with Crippen molar-refractivity contribution in [2.75, 3.05) is 0 Å². The van der Waals surface area contributed by atoms with E-state index in [1.807, 2.05) is 0 Å². The van der Waals surface area contributed by atoms with Crippen LogP contribution < -0.4 is 0 Å². The Hall–Kier alpha value is 0.130. The summed E-state index contributed by atoms with van der Waals surface area (Å²) < 4.78 is 0. The SMILES string of the molecule is BC(B)C1C(C)CCC1CCC.